The summed E-state index contributed by atoms with van der Waals surface area (Å²) < 4.78 is 90.0. The Labute approximate surface area is 600 Å². The number of amidine groups is 1. The molecular weight excluding hydrogens is 1350 g/mol. The Hall–Kier alpha value is -3.77. The number of aliphatic imine (C=N–C) groups is 1. The van der Waals surface area contributed by atoms with E-state index in [1.807, 2.05) is 37.7 Å². The van der Waals surface area contributed by atoms with Gasteiger partial charge in [-0.3, -0.25) is 56.7 Å². The third-order valence-corrected chi connectivity index (χ3v) is 23.8. The van der Waals surface area contributed by atoms with Crippen LogP contribution in [0.2, 0.25) is 6.04 Å². The number of fused-ring (bicyclic) bond motifs is 1. The number of rotatable bonds is 53. The number of nitrogens with zero attached hydrogens (tertiary/aromatic N) is 4. The number of nitriles is 2. The van der Waals surface area contributed by atoms with Crippen molar-refractivity contribution < 1.29 is 75.5 Å². The smallest absolute Gasteiger partial charge is 0.414 e. The normalized spacial score (nSPS) is 25.4. The van der Waals surface area contributed by atoms with Crippen LogP contribution >= 0.6 is 27.4 Å². The van der Waals surface area contributed by atoms with E-state index in [1.54, 1.807) is 11.9 Å². The molecule has 5 saturated heterocycles. The quantitative estimate of drug-likeness (QED) is 0.0129. The number of unbranched alkanes of at least 4 members (excludes halogenated alkanes) is 9. The maximum absolute atomic E-state index is 14.4. The van der Waals surface area contributed by atoms with Crippen LogP contribution in [0.5, 0.6) is 0 Å². The van der Waals surface area contributed by atoms with Crippen molar-refractivity contribution in [3.8, 4) is 12.1 Å². The molecule has 7 N–H and O–H groups in total. The zero-order valence-corrected chi connectivity index (χ0v) is 64.5. The lowest BCUT2D eigenvalue weighted by molar-refractivity contribution is -0.122. The number of thioether (sulfide) groups is 1. The van der Waals surface area contributed by atoms with Crippen molar-refractivity contribution in [2.45, 2.75) is 276 Å². The third kappa shape index (κ3) is 34.6. The Morgan fingerprint density at radius 2 is 1.40 bits per heavy atom. The van der Waals surface area contributed by atoms with E-state index in [9.17, 15) is 38.4 Å². The number of hydrogen-bond donors (Lipinski definition) is 7. The lowest BCUT2D eigenvalue weighted by Crippen LogP contribution is -2.57. The van der Waals surface area contributed by atoms with Crippen LogP contribution < -0.4 is 37.2 Å². The van der Waals surface area contributed by atoms with Crippen LogP contribution in [-0.2, 0) is 64.6 Å². The van der Waals surface area contributed by atoms with Gasteiger partial charge in [0.05, 0.1) is 77.1 Å². The van der Waals surface area contributed by atoms with Crippen molar-refractivity contribution >= 4 is 72.8 Å². The molecule has 5 aliphatic rings. The van der Waals surface area contributed by atoms with Gasteiger partial charge in [0.2, 0.25) is 27.5 Å². The van der Waals surface area contributed by atoms with E-state index in [0.29, 0.717) is 103 Å². The minimum absolute atomic E-state index is 0.0139. The van der Waals surface area contributed by atoms with Crippen LogP contribution in [-0.4, -0.2) is 189 Å². The van der Waals surface area contributed by atoms with Crippen molar-refractivity contribution in [2.24, 2.45) is 28.7 Å². The number of phosphoric ester groups is 2. The van der Waals surface area contributed by atoms with Crippen molar-refractivity contribution in [1.29, 1.82) is 10.5 Å². The first kappa shape index (κ1) is 85.9. The molecule has 0 spiro atoms. The molecule has 15 atom stereocenters. The highest BCUT2D eigenvalue weighted by Crippen LogP contribution is 2.55. The van der Waals surface area contributed by atoms with Gasteiger partial charge in [0.25, 0.3) is 0 Å². The number of urea groups is 2. The first-order chi connectivity index (χ1) is 48.1. The van der Waals surface area contributed by atoms with Gasteiger partial charge in [0.15, 0.2) is 0 Å². The minimum Gasteiger partial charge on any atom is -0.414 e. The molecule has 5 aliphatic heterocycles. The number of ether oxygens (including phenoxy) is 2. The standard InChI is InChI=1S/C51H93N7O13P2Si.C17H30N4O3S/c1-9-12-13-16-23-47(59)55-29-17-14-15-18-30-56-50-41(7)37-58(51(60)57-50)48-36-45(43(11-3)68-48)70-73(62,65-32-20-26-53)67-38-46-44(24-34-63-46)69-72(61,64-31-19-25-52)66-33-21-27-54-28-22-35-74-71-49(40(6)10-2)42(8)39(4)5;1-18-14(22)8-3-2-6-10-19-15(23)9-5-4-7-13-16-12(11-25-13)20-17(24)21-16/h39-46,48-49,54H,9-24,27-38H2,1-8H3,(H,55,59)(H,56,57,60);12-13,16H,2-11H2,1H3,(H,18,22)(H,19,23)(H2,20,21,24)/i34T;. The molecule has 0 aromatic carbocycles. The Morgan fingerprint density at radius 1 is 0.778 bits per heavy atom. The molecule has 31 heteroatoms. The molecule has 99 heavy (non-hydrogen) atoms. The van der Waals surface area contributed by atoms with Crippen molar-refractivity contribution in [2.75, 3.05) is 85.1 Å². The van der Waals surface area contributed by atoms with Crippen LogP contribution in [0.15, 0.2) is 4.99 Å². The minimum atomic E-state index is -4.48. The van der Waals surface area contributed by atoms with Gasteiger partial charge in [0.1, 0.15) is 24.3 Å². The predicted octanol–water partition coefficient (Wildman–Crippen LogP) is 11.2. The number of nitrogens with one attached hydrogen (secondary N) is 7. The SMILES string of the molecule is CNC(=O)CCCCCNC(=O)CCCCC1SCC2NC(=O)NC21.[3H]C1CC(OP(=O)(OCCC#N)OCCCNCCC[Si]OC(C(C)CC)C(C)C(C)C)C(COP(=O)(OCCC#N)OC2CC(N3CC(C)C(=NCCCCCCNC(=O)CCCCCC)NC3=O)OC2CC)O1. The van der Waals surface area contributed by atoms with Crippen molar-refractivity contribution in [3.63, 3.8) is 0 Å². The van der Waals surface area contributed by atoms with Crippen LogP contribution in [0.3, 0.4) is 0 Å². The molecular formula is C68H123N11O16P2SSi. The average molecular weight is 1470 g/mol. The van der Waals surface area contributed by atoms with E-state index in [2.05, 4.69) is 78.8 Å². The second kappa shape index (κ2) is 50.6. The molecule has 15 unspecified atom stereocenters. The van der Waals surface area contributed by atoms with Crippen LogP contribution in [0, 0.1) is 46.3 Å². The average Bonchev–Trinajstić information content (AvgIpc) is 1.63. The Bertz CT molecular complexity index is 2610. The summed E-state index contributed by atoms with van der Waals surface area (Å²) in [5.74, 6) is 3.31. The maximum atomic E-state index is 14.4. The zero-order chi connectivity index (χ0) is 73.1. The lowest BCUT2D eigenvalue weighted by atomic mass is 9.85. The summed E-state index contributed by atoms with van der Waals surface area (Å²) in [6.07, 6.45) is 14.2. The van der Waals surface area contributed by atoms with E-state index < -0.39 is 59.5 Å². The van der Waals surface area contributed by atoms with Gasteiger partial charge in [-0.25, -0.2) is 18.7 Å². The monoisotopic (exact) mass is 1470 g/mol. The summed E-state index contributed by atoms with van der Waals surface area (Å²) in [6.45, 7) is 18.7. The molecule has 0 aromatic heterocycles. The zero-order valence-electron chi connectivity index (χ0n) is 61.9. The molecule has 0 aromatic rings. The maximum Gasteiger partial charge on any atom is 0.475 e. The summed E-state index contributed by atoms with van der Waals surface area (Å²) in [4.78, 5) is 66.0. The number of carbonyl (C=O) groups is 5. The largest absolute Gasteiger partial charge is 0.475 e. The first-order valence-corrected chi connectivity index (χ1v) is 42.0. The van der Waals surface area contributed by atoms with Crippen LogP contribution in [0.25, 0.3) is 0 Å². The number of hydrogen-bond acceptors (Lipinski definition) is 21. The summed E-state index contributed by atoms with van der Waals surface area (Å²) in [5.41, 5.74) is 0. The van der Waals surface area contributed by atoms with Gasteiger partial charge >= 0.3 is 27.7 Å². The summed E-state index contributed by atoms with van der Waals surface area (Å²) in [7, 11) is -6.70. The Balaban J connectivity index is 0.000000706. The molecule has 7 amide bonds. The van der Waals surface area contributed by atoms with E-state index >= 15 is 0 Å². The van der Waals surface area contributed by atoms with Gasteiger partial charge in [-0.15, -0.1) is 0 Å². The topological polar surface area (TPSA) is 350 Å². The fourth-order valence-electron chi connectivity index (χ4n) is 11.9. The summed E-state index contributed by atoms with van der Waals surface area (Å²) in [6, 6.07) is 4.95. The fourth-order valence-corrected chi connectivity index (χ4v) is 17.3. The summed E-state index contributed by atoms with van der Waals surface area (Å²) in [5, 5.41) is 39.7. The van der Waals surface area contributed by atoms with E-state index in [0.717, 1.165) is 121 Å². The molecule has 0 bridgehead atoms. The third-order valence-electron chi connectivity index (χ3n) is 18.3. The summed E-state index contributed by atoms with van der Waals surface area (Å²) >= 11 is 1.91. The number of amides is 7. The Morgan fingerprint density at radius 3 is 2.06 bits per heavy atom. The van der Waals surface area contributed by atoms with Crippen molar-refractivity contribution in [1.82, 2.24) is 42.1 Å². The van der Waals surface area contributed by atoms with Gasteiger partial charge in [0, 0.05) is 94.9 Å². The van der Waals surface area contributed by atoms with E-state index in [1.165, 1.54) is 0 Å². The molecule has 5 rings (SSSR count). The molecule has 566 valence electrons. The number of phosphoric acid groups is 2. The van der Waals surface area contributed by atoms with Gasteiger partial charge in [-0.05, 0) is 101 Å². The highest BCUT2D eigenvalue weighted by Gasteiger charge is 2.48. The van der Waals surface area contributed by atoms with E-state index in [4.69, 9.17) is 52.7 Å². The first-order valence-electron chi connectivity index (χ1n) is 37.5. The lowest BCUT2D eigenvalue weighted by Gasteiger charge is -2.36. The highest BCUT2D eigenvalue weighted by atomic mass is 32.2. The molecule has 5 heterocycles. The van der Waals surface area contributed by atoms with Gasteiger partial charge < -0.3 is 45.8 Å². The molecule has 5 fully saturated rings. The molecule has 0 saturated carbocycles. The Kier molecular flexibility index (Phi) is 43.9. The van der Waals surface area contributed by atoms with Crippen LogP contribution in [0.1, 0.15) is 217 Å². The highest BCUT2D eigenvalue weighted by molar-refractivity contribution is 8.00. The predicted molar refractivity (Wildman–Crippen MR) is 385 cm³/mol. The fraction of sp³-hybridized carbons (Fsp3) is 0.882. The van der Waals surface area contributed by atoms with Gasteiger partial charge in [-0.2, -0.15) is 22.3 Å². The van der Waals surface area contributed by atoms with Crippen molar-refractivity contribution in [3.05, 3.63) is 0 Å². The van der Waals surface area contributed by atoms with Gasteiger partial charge in [-0.1, -0.05) is 107 Å². The van der Waals surface area contributed by atoms with E-state index in [-0.39, 0.29) is 99.4 Å². The molecule has 2 radical (unpaired) electrons. The molecule has 27 nitrogen and oxygen atoms in total. The second-order valence-electron chi connectivity index (χ2n) is 26.6. The molecule has 0 aliphatic carbocycles. The second-order valence-corrected chi connectivity index (χ2v) is 32.1. The number of carbonyl (C=O) groups excluding carboxylic acids is 5. The van der Waals surface area contributed by atoms with Crippen LogP contribution in [0.4, 0.5) is 9.59 Å².